The fraction of sp³-hybridized carbons (Fsp3) is 0.353. The number of β-amino-alcohol motifs (C(OH)–C–C–N with tert-alkyl or cyclic N) is 1. The van der Waals surface area contributed by atoms with Crippen LogP contribution in [0.5, 0.6) is 0 Å². The third-order valence-electron chi connectivity index (χ3n) is 3.79. The molecule has 0 amide bonds. The smallest absolute Gasteiger partial charge is 0.130 e. The summed E-state index contributed by atoms with van der Waals surface area (Å²) in [4.78, 5) is 6.21. The van der Waals surface area contributed by atoms with Gasteiger partial charge >= 0.3 is 0 Å². The number of pyridine rings is 1. The highest BCUT2D eigenvalue weighted by molar-refractivity contribution is 7.99. The van der Waals surface area contributed by atoms with Gasteiger partial charge in [0.05, 0.1) is 23.7 Å². The number of nitrogens with zero attached hydrogens (tertiary/aromatic N) is 1. The average molecular weight is 384 g/mol. The number of fused-ring (bicyclic) bond motifs is 2. The molecule has 4 rings (SSSR count). The van der Waals surface area contributed by atoms with E-state index in [9.17, 15) is 0 Å². The number of hydrogen-bond donors (Lipinski definition) is 3. The van der Waals surface area contributed by atoms with Crippen LogP contribution in [0.3, 0.4) is 0 Å². The van der Waals surface area contributed by atoms with Crippen molar-refractivity contribution in [3.05, 3.63) is 40.6 Å². The van der Waals surface area contributed by atoms with Crippen LogP contribution in [0.1, 0.15) is 19.3 Å². The molecule has 1 fully saturated rings. The van der Waals surface area contributed by atoms with Gasteiger partial charge in [-0.25, -0.2) is 4.98 Å². The highest BCUT2D eigenvalue weighted by Gasteiger charge is 2.16. The SMILES string of the molecule is Clc1ccc2c(c1)Sc1cc(Cl)ncc1N2.OC1CCCCNC1. The molecule has 128 valence electrons. The molecule has 1 aromatic carbocycles. The van der Waals surface area contributed by atoms with Crippen molar-refractivity contribution in [1.29, 1.82) is 0 Å². The van der Waals surface area contributed by atoms with E-state index in [0.29, 0.717) is 5.15 Å². The van der Waals surface area contributed by atoms with E-state index in [1.807, 2.05) is 24.3 Å². The summed E-state index contributed by atoms with van der Waals surface area (Å²) in [7, 11) is 0. The van der Waals surface area contributed by atoms with Crippen molar-refractivity contribution in [1.82, 2.24) is 10.3 Å². The molecule has 1 unspecified atom stereocenters. The average Bonchev–Trinajstić information content (AvgIpc) is 2.81. The Balaban J connectivity index is 0.000000179. The fourth-order valence-electron chi connectivity index (χ4n) is 2.54. The van der Waals surface area contributed by atoms with Crippen molar-refractivity contribution < 1.29 is 5.11 Å². The standard InChI is InChI=1S/C11H6Cl2N2S.C6H13NO/c12-6-1-2-7-9(3-6)16-10-4-11(13)14-5-8(10)15-7;8-6-3-1-2-4-7-5-6/h1-5,15H;6-8H,1-5H2. The quantitative estimate of drug-likeness (QED) is 0.490. The van der Waals surface area contributed by atoms with Crippen LogP contribution in [0, 0.1) is 0 Å². The number of aromatic nitrogens is 1. The molecule has 0 spiro atoms. The number of aliphatic hydroxyl groups excluding tert-OH is 1. The van der Waals surface area contributed by atoms with Gasteiger partial charge in [-0.05, 0) is 50.1 Å². The van der Waals surface area contributed by atoms with Crippen molar-refractivity contribution in [3.8, 4) is 0 Å². The molecule has 4 nitrogen and oxygen atoms in total. The zero-order valence-corrected chi connectivity index (χ0v) is 15.4. The summed E-state index contributed by atoms with van der Waals surface area (Å²) in [5, 5.41) is 16.7. The zero-order chi connectivity index (χ0) is 16.9. The Morgan fingerprint density at radius 3 is 2.83 bits per heavy atom. The van der Waals surface area contributed by atoms with Gasteiger partial charge in [0.2, 0.25) is 0 Å². The predicted octanol–water partition coefficient (Wildman–Crippen LogP) is 4.72. The Labute approximate surface area is 156 Å². The lowest BCUT2D eigenvalue weighted by atomic mass is 10.2. The number of hydrogen-bond acceptors (Lipinski definition) is 5. The van der Waals surface area contributed by atoms with E-state index in [4.69, 9.17) is 28.3 Å². The summed E-state index contributed by atoms with van der Waals surface area (Å²) in [6.45, 7) is 1.87. The summed E-state index contributed by atoms with van der Waals surface area (Å²) in [6, 6.07) is 7.61. The fourth-order valence-corrected chi connectivity index (χ4v) is 4.03. The Bertz CT molecular complexity index is 657. The maximum Gasteiger partial charge on any atom is 0.130 e. The Kier molecular flexibility index (Phi) is 6.25. The summed E-state index contributed by atoms with van der Waals surface area (Å²) >= 11 is 13.5. The van der Waals surface area contributed by atoms with Crippen LogP contribution in [-0.4, -0.2) is 29.3 Å². The third-order valence-corrected chi connectivity index (χ3v) is 5.34. The van der Waals surface area contributed by atoms with E-state index in [2.05, 4.69) is 15.6 Å². The molecule has 0 radical (unpaired) electrons. The van der Waals surface area contributed by atoms with Crippen LogP contribution in [0.25, 0.3) is 0 Å². The highest BCUT2D eigenvalue weighted by atomic mass is 35.5. The normalized spacial score (nSPS) is 19.0. The lowest BCUT2D eigenvalue weighted by molar-refractivity contribution is 0.168. The maximum absolute atomic E-state index is 9.03. The van der Waals surface area contributed by atoms with Crippen LogP contribution < -0.4 is 10.6 Å². The van der Waals surface area contributed by atoms with E-state index < -0.39 is 0 Å². The predicted molar refractivity (Wildman–Crippen MR) is 101 cm³/mol. The number of anilines is 2. The molecule has 2 aromatic rings. The molecular weight excluding hydrogens is 365 g/mol. The Hall–Kier alpha value is -0.980. The minimum Gasteiger partial charge on any atom is -0.392 e. The minimum atomic E-state index is -0.0856. The summed E-state index contributed by atoms with van der Waals surface area (Å²) in [6.07, 6.45) is 5.03. The van der Waals surface area contributed by atoms with Gasteiger partial charge in [0.15, 0.2) is 0 Å². The number of rotatable bonds is 0. The van der Waals surface area contributed by atoms with Gasteiger partial charge in [-0.1, -0.05) is 35.0 Å². The number of nitrogens with one attached hydrogen (secondary N) is 2. The minimum absolute atomic E-state index is 0.0856. The largest absolute Gasteiger partial charge is 0.392 e. The molecule has 0 saturated carbocycles. The van der Waals surface area contributed by atoms with Gasteiger partial charge in [-0.15, -0.1) is 0 Å². The molecule has 7 heteroatoms. The van der Waals surface area contributed by atoms with Crippen molar-refractivity contribution in [2.45, 2.75) is 35.2 Å². The molecule has 24 heavy (non-hydrogen) atoms. The van der Waals surface area contributed by atoms with Crippen LogP contribution in [0.15, 0.2) is 40.3 Å². The molecule has 2 aliphatic heterocycles. The molecule has 0 aliphatic carbocycles. The molecule has 1 saturated heterocycles. The van der Waals surface area contributed by atoms with Crippen LogP contribution in [-0.2, 0) is 0 Å². The Morgan fingerprint density at radius 2 is 1.96 bits per heavy atom. The van der Waals surface area contributed by atoms with Crippen molar-refractivity contribution in [3.63, 3.8) is 0 Å². The first kappa shape index (κ1) is 17.8. The topological polar surface area (TPSA) is 57.2 Å². The second-order valence-electron chi connectivity index (χ2n) is 5.72. The summed E-state index contributed by atoms with van der Waals surface area (Å²) < 4.78 is 0. The molecule has 3 heterocycles. The highest BCUT2D eigenvalue weighted by Crippen LogP contribution is 2.45. The van der Waals surface area contributed by atoms with Crippen LogP contribution in [0.4, 0.5) is 11.4 Å². The van der Waals surface area contributed by atoms with Gasteiger partial charge in [0.1, 0.15) is 5.15 Å². The van der Waals surface area contributed by atoms with E-state index >= 15 is 0 Å². The lowest BCUT2D eigenvalue weighted by Crippen LogP contribution is -2.23. The summed E-state index contributed by atoms with van der Waals surface area (Å²) in [5.74, 6) is 0. The second-order valence-corrected chi connectivity index (χ2v) is 7.63. The first-order valence-corrected chi connectivity index (χ1v) is 9.48. The monoisotopic (exact) mass is 383 g/mol. The van der Waals surface area contributed by atoms with E-state index in [0.717, 1.165) is 45.7 Å². The van der Waals surface area contributed by atoms with Crippen LogP contribution >= 0.6 is 35.0 Å². The van der Waals surface area contributed by atoms with Gasteiger partial charge in [0.25, 0.3) is 0 Å². The zero-order valence-electron chi connectivity index (χ0n) is 13.1. The molecule has 0 bridgehead atoms. The van der Waals surface area contributed by atoms with E-state index in [-0.39, 0.29) is 6.10 Å². The van der Waals surface area contributed by atoms with E-state index in [1.54, 1.807) is 18.0 Å². The first-order valence-electron chi connectivity index (χ1n) is 7.90. The van der Waals surface area contributed by atoms with E-state index in [1.165, 1.54) is 12.8 Å². The third kappa shape index (κ3) is 4.77. The molecule has 1 atom stereocenters. The van der Waals surface area contributed by atoms with Crippen molar-refractivity contribution >= 4 is 46.3 Å². The summed E-state index contributed by atoms with van der Waals surface area (Å²) in [5.41, 5.74) is 2.02. The molecular formula is C17H19Cl2N3OS. The number of halogens is 2. The second kappa shape index (κ2) is 8.41. The maximum atomic E-state index is 9.03. The Morgan fingerprint density at radius 1 is 1.12 bits per heavy atom. The van der Waals surface area contributed by atoms with Gasteiger partial charge in [-0.2, -0.15) is 0 Å². The van der Waals surface area contributed by atoms with Gasteiger partial charge in [0, 0.05) is 21.4 Å². The molecule has 1 aromatic heterocycles. The van der Waals surface area contributed by atoms with Gasteiger partial charge < -0.3 is 15.7 Å². The number of aliphatic hydroxyl groups is 1. The van der Waals surface area contributed by atoms with Gasteiger partial charge in [-0.3, -0.25) is 0 Å². The van der Waals surface area contributed by atoms with Crippen molar-refractivity contribution in [2.75, 3.05) is 18.4 Å². The lowest BCUT2D eigenvalue weighted by Gasteiger charge is -2.20. The van der Waals surface area contributed by atoms with Crippen molar-refractivity contribution in [2.24, 2.45) is 0 Å². The number of benzene rings is 1. The van der Waals surface area contributed by atoms with Crippen LogP contribution in [0.2, 0.25) is 10.2 Å². The molecule has 2 aliphatic rings. The molecule has 3 N–H and O–H groups in total. The first-order chi connectivity index (χ1) is 11.6.